The molecule has 2 amide bonds. The van der Waals surface area contributed by atoms with Crippen LogP contribution in [0.5, 0.6) is 0 Å². The standard InChI is InChI=1S/C33H34N10O4S/c34-29-30(39-47-38-29)43-28(20-6-2-1-3-7-20)27(37-40-43)32(45)42-13-5-10-25(42)21-8-4-9-22(18-21)31(44)36-33-35-24-12-11-23(19-26(24)48-33)41-14-16-46-17-15-41/h1-4,6-9,18,23,25H,5,10-17,19H2,(H2,34,38)(H,35,36,44)/t23-,25+/m0/s1. The molecule has 0 unspecified atom stereocenters. The average Bonchev–Trinajstić information content (AvgIpc) is 3.94. The zero-order valence-corrected chi connectivity index (χ0v) is 26.9. The van der Waals surface area contributed by atoms with Gasteiger partial charge in [-0.05, 0) is 60.1 Å². The molecule has 8 rings (SSSR count). The molecule has 0 saturated carbocycles. The van der Waals surface area contributed by atoms with Crippen molar-refractivity contribution in [3.63, 3.8) is 0 Å². The van der Waals surface area contributed by atoms with Crippen molar-refractivity contribution in [1.29, 1.82) is 0 Å². The number of fused-ring (bicyclic) bond motifs is 1. The summed E-state index contributed by atoms with van der Waals surface area (Å²) in [5.74, 6) is -0.330. The van der Waals surface area contributed by atoms with Crippen LogP contribution in [-0.2, 0) is 17.6 Å². The Morgan fingerprint density at radius 2 is 1.85 bits per heavy atom. The van der Waals surface area contributed by atoms with Crippen molar-refractivity contribution >= 4 is 34.1 Å². The largest absolute Gasteiger partial charge is 0.379 e. The second kappa shape index (κ2) is 12.9. The first-order chi connectivity index (χ1) is 23.5. The van der Waals surface area contributed by atoms with Crippen LogP contribution in [0.3, 0.4) is 0 Å². The summed E-state index contributed by atoms with van der Waals surface area (Å²) in [5.41, 5.74) is 9.75. The van der Waals surface area contributed by atoms with Gasteiger partial charge in [0, 0.05) is 41.7 Å². The minimum atomic E-state index is -0.281. The fraction of sp³-hybridized carbons (Fsp3) is 0.364. The lowest BCUT2D eigenvalue weighted by Gasteiger charge is -2.36. The number of thiazole rings is 1. The number of anilines is 2. The number of nitrogens with one attached hydrogen (secondary N) is 1. The average molecular weight is 667 g/mol. The minimum Gasteiger partial charge on any atom is -0.379 e. The molecule has 0 spiro atoms. The summed E-state index contributed by atoms with van der Waals surface area (Å²) in [4.78, 5) is 38.0. The maximum absolute atomic E-state index is 14.2. The van der Waals surface area contributed by atoms with Crippen LogP contribution in [0.4, 0.5) is 10.9 Å². The molecule has 2 atom stereocenters. The number of nitrogen functional groups attached to an aromatic ring is 1. The molecule has 2 fully saturated rings. The van der Waals surface area contributed by atoms with Crippen molar-refractivity contribution in [2.45, 2.75) is 44.2 Å². The third kappa shape index (κ3) is 5.73. The summed E-state index contributed by atoms with van der Waals surface area (Å²) in [6, 6.07) is 17.0. The van der Waals surface area contributed by atoms with Crippen molar-refractivity contribution < 1.29 is 19.0 Å². The highest BCUT2D eigenvalue weighted by Gasteiger charge is 2.35. The van der Waals surface area contributed by atoms with E-state index >= 15 is 0 Å². The van der Waals surface area contributed by atoms with Crippen LogP contribution in [-0.4, -0.2) is 90.8 Å². The number of carbonyl (C=O) groups is 2. The molecule has 15 heteroatoms. The number of aryl methyl sites for hydroxylation is 1. The second-order valence-corrected chi connectivity index (χ2v) is 13.3. The Morgan fingerprint density at radius 3 is 2.67 bits per heavy atom. The highest BCUT2D eigenvalue weighted by atomic mass is 32.1. The monoisotopic (exact) mass is 666 g/mol. The SMILES string of the molecule is Nc1nonc1-n1nnc(C(=O)N2CCC[C@@H]2c2cccc(C(=O)Nc3nc4c(s3)C[C@@H](N3CCOCC3)CC4)c2)c1-c1ccccc1. The van der Waals surface area contributed by atoms with Crippen LogP contribution in [0.25, 0.3) is 17.1 Å². The first kappa shape index (κ1) is 30.4. The van der Waals surface area contributed by atoms with Crippen molar-refractivity contribution in [2.75, 3.05) is 43.9 Å². The summed E-state index contributed by atoms with van der Waals surface area (Å²) in [6.45, 7) is 4.03. The van der Waals surface area contributed by atoms with Crippen molar-refractivity contribution in [3.8, 4) is 17.1 Å². The highest BCUT2D eigenvalue weighted by molar-refractivity contribution is 7.15. The summed E-state index contributed by atoms with van der Waals surface area (Å²) < 4.78 is 11.7. The van der Waals surface area contributed by atoms with E-state index in [1.807, 2.05) is 48.5 Å². The second-order valence-electron chi connectivity index (χ2n) is 12.2. The van der Waals surface area contributed by atoms with E-state index in [1.165, 1.54) is 9.56 Å². The lowest BCUT2D eigenvalue weighted by molar-refractivity contribution is 0.0139. The Bertz CT molecular complexity index is 1950. The molecular weight excluding hydrogens is 632 g/mol. The molecule has 48 heavy (non-hydrogen) atoms. The van der Waals surface area contributed by atoms with Gasteiger partial charge in [-0.15, -0.1) is 16.4 Å². The lowest BCUT2D eigenvalue weighted by atomic mass is 9.96. The van der Waals surface area contributed by atoms with Crippen molar-refractivity contribution in [3.05, 3.63) is 82.0 Å². The van der Waals surface area contributed by atoms with E-state index in [-0.39, 0.29) is 35.2 Å². The van der Waals surface area contributed by atoms with Crippen LogP contribution in [0.1, 0.15) is 62.3 Å². The lowest BCUT2D eigenvalue weighted by Crippen LogP contribution is -2.45. The molecule has 246 valence electrons. The van der Waals surface area contributed by atoms with Gasteiger partial charge in [-0.3, -0.25) is 19.8 Å². The van der Waals surface area contributed by atoms with Gasteiger partial charge in [0.15, 0.2) is 10.8 Å². The van der Waals surface area contributed by atoms with Crippen LogP contribution in [0, 0.1) is 0 Å². The number of likely N-dealkylation sites (tertiary alicyclic amines) is 1. The zero-order chi connectivity index (χ0) is 32.6. The molecule has 0 bridgehead atoms. The molecule has 1 aliphatic carbocycles. The number of morpholine rings is 1. The van der Waals surface area contributed by atoms with E-state index < -0.39 is 0 Å². The molecule has 2 aliphatic heterocycles. The maximum atomic E-state index is 14.2. The zero-order valence-electron chi connectivity index (χ0n) is 26.1. The van der Waals surface area contributed by atoms with E-state index in [0.29, 0.717) is 34.5 Å². The number of benzene rings is 2. The number of nitrogens with zero attached hydrogens (tertiary/aromatic N) is 8. The van der Waals surface area contributed by atoms with Gasteiger partial charge < -0.3 is 15.4 Å². The summed E-state index contributed by atoms with van der Waals surface area (Å²) in [6.07, 6.45) is 4.48. The predicted octanol–water partition coefficient (Wildman–Crippen LogP) is 3.78. The molecule has 14 nitrogen and oxygen atoms in total. The molecular formula is C33H34N10O4S. The molecule has 2 aromatic carbocycles. The Hall–Kier alpha value is -4.99. The predicted molar refractivity (Wildman–Crippen MR) is 177 cm³/mol. The Labute approximate surface area is 279 Å². The smallest absolute Gasteiger partial charge is 0.277 e. The first-order valence-corrected chi connectivity index (χ1v) is 17.0. The number of carbonyl (C=O) groups excluding carboxylic acids is 2. The molecule has 0 radical (unpaired) electrons. The number of rotatable bonds is 7. The van der Waals surface area contributed by atoms with Gasteiger partial charge in [-0.1, -0.05) is 47.7 Å². The van der Waals surface area contributed by atoms with Crippen molar-refractivity contribution in [2.24, 2.45) is 0 Å². The minimum absolute atomic E-state index is 0.0281. The van der Waals surface area contributed by atoms with Crippen molar-refractivity contribution in [1.82, 2.24) is 40.1 Å². The number of nitrogens with two attached hydrogens (primary N) is 1. The number of hydrogen-bond acceptors (Lipinski definition) is 12. The number of hydrogen-bond donors (Lipinski definition) is 2. The normalized spacial score (nSPS) is 19.7. The van der Waals surface area contributed by atoms with Gasteiger partial charge in [0.05, 0.1) is 24.9 Å². The number of aromatic nitrogens is 6. The van der Waals surface area contributed by atoms with Crippen LogP contribution >= 0.6 is 11.3 Å². The number of ether oxygens (including phenoxy) is 1. The molecule has 5 aromatic rings. The molecule has 5 heterocycles. The highest BCUT2D eigenvalue weighted by Crippen LogP contribution is 2.36. The van der Waals surface area contributed by atoms with E-state index in [4.69, 9.17) is 20.1 Å². The van der Waals surface area contributed by atoms with Crippen LogP contribution in [0.15, 0.2) is 59.2 Å². The summed E-state index contributed by atoms with van der Waals surface area (Å²) in [7, 11) is 0. The van der Waals surface area contributed by atoms with Gasteiger partial charge in [-0.2, -0.15) is 4.68 Å². The Balaban J connectivity index is 1.01. The first-order valence-electron chi connectivity index (χ1n) is 16.2. The van der Waals surface area contributed by atoms with Gasteiger partial charge in [0.2, 0.25) is 11.6 Å². The maximum Gasteiger partial charge on any atom is 0.277 e. The Kier molecular flexibility index (Phi) is 8.16. The fourth-order valence-corrected chi connectivity index (χ4v) is 8.06. The van der Waals surface area contributed by atoms with Gasteiger partial charge in [-0.25, -0.2) is 9.61 Å². The molecule has 2 saturated heterocycles. The van der Waals surface area contributed by atoms with Gasteiger partial charge >= 0.3 is 0 Å². The topological polar surface area (TPSA) is 170 Å². The van der Waals surface area contributed by atoms with Crippen LogP contribution in [0.2, 0.25) is 0 Å². The van der Waals surface area contributed by atoms with E-state index in [1.54, 1.807) is 22.3 Å². The van der Waals surface area contributed by atoms with Crippen LogP contribution < -0.4 is 11.1 Å². The molecule has 3 aromatic heterocycles. The van der Waals surface area contributed by atoms with E-state index in [2.05, 4.69) is 30.8 Å². The van der Waals surface area contributed by atoms with Gasteiger partial charge in [0.1, 0.15) is 5.69 Å². The summed E-state index contributed by atoms with van der Waals surface area (Å²) >= 11 is 1.57. The third-order valence-electron chi connectivity index (χ3n) is 9.36. The fourth-order valence-electron chi connectivity index (χ4n) is 6.98. The van der Waals surface area contributed by atoms with Gasteiger partial charge in [0.25, 0.3) is 11.8 Å². The van der Waals surface area contributed by atoms with E-state index in [0.717, 1.165) is 69.7 Å². The number of amides is 2. The quantitative estimate of drug-likeness (QED) is 0.259. The summed E-state index contributed by atoms with van der Waals surface area (Å²) in [5, 5.41) is 19.7. The third-order valence-corrected chi connectivity index (χ3v) is 10.4. The Morgan fingerprint density at radius 1 is 1.00 bits per heavy atom. The molecule has 3 N–H and O–H groups in total. The molecule has 3 aliphatic rings. The van der Waals surface area contributed by atoms with E-state index in [9.17, 15) is 9.59 Å².